The molecule has 19 heavy (non-hydrogen) atoms. The number of nitrogens with zero attached hydrogens (tertiary/aromatic N) is 1. The van der Waals surface area contributed by atoms with Gasteiger partial charge < -0.3 is 24.8 Å². The zero-order valence-electron chi connectivity index (χ0n) is 11.7. The summed E-state index contributed by atoms with van der Waals surface area (Å²) < 4.78 is 15.8. The van der Waals surface area contributed by atoms with E-state index in [9.17, 15) is 4.79 Å². The highest BCUT2D eigenvalue weighted by Gasteiger charge is 2.14. The van der Waals surface area contributed by atoms with E-state index in [0.717, 1.165) is 5.56 Å². The number of carbonyl (C=O) groups excluding carboxylic acids is 1. The van der Waals surface area contributed by atoms with E-state index in [0.29, 0.717) is 30.2 Å². The van der Waals surface area contributed by atoms with E-state index in [4.69, 9.17) is 19.9 Å². The molecule has 1 aromatic carbocycles. The van der Waals surface area contributed by atoms with Crippen molar-refractivity contribution in [3.8, 4) is 17.2 Å². The molecule has 1 rings (SSSR count). The van der Waals surface area contributed by atoms with Gasteiger partial charge in [-0.25, -0.2) is 4.79 Å². The highest BCUT2D eigenvalue weighted by Crippen LogP contribution is 2.34. The van der Waals surface area contributed by atoms with Gasteiger partial charge in [-0.2, -0.15) is 0 Å². The maximum atomic E-state index is 11.0. The van der Waals surface area contributed by atoms with Gasteiger partial charge in [0.15, 0.2) is 0 Å². The average molecular weight is 268 g/mol. The predicted octanol–water partition coefficient (Wildman–Crippen LogP) is 1.27. The van der Waals surface area contributed by atoms with Gasteiger partial charge in [0.2, 0.25) is 0 Å². The van der Waals surface area contributed by atoms with Crippen molar-refractivity contribution in [2.45, 2.75) is 6.42 Å². The smallest absolute Gasteiger partial charge is 0.314 e. The molecule has 0 aliphatic rings. The van der Waals surface area contributed by atoms with Crippen LogP contribution in [0.5, 0.6) is 17.2 Å². The van der Waals surface area contributed by atoms with E-state index in [-0.39, 0.29) is 0 Å². The van der Waals surface area contributed by atoms with Crippen molar-refractivity contribution < 1.29 is 19.0 Å². The molecule has 0 aliphatic carbocycles. The highest BCUT2D eigenvalue weighted by atomic mass is 16.5. The number of amides is 2. The van der Waals surface area contributed by atoms with Crippen molar-refractivity contribution in [3.05, 3.63) is 17.7 Å². The number of hydrogen-bond acceptors (Lipinski definition) is 4. The molecule has 0 radical (unpaired) electrons. The minimum atomic E-state index is -0.466. The van der Waals surface area contributed by atoms with Crippen LogP contribution < -0.4 is 19.9 Å². The Bertz CT molecular complexity index is 423. The number of likely N-dealkylation sites (N-methyl/N-ethyl adjacent to an activating group) is 1. The summed E-state index contributed by atoms with van der Waals surface area (Å²) in [5.74, 6) is 1.98. The molecule has 6 heteroatoms. The average Bonchev–Trinajstić information content (AvgIpc) is 2.43. The molecule has 2 amide bonds. The second-order valence-electron chi connectivity index (χ2n) is 4.02. The van der Waals surface area contributed by atoms with Crippen LogP contribution in [0.3, 0.4) is 0 Å². The lowest BCUT2D eigenvalue weighted by molar-refractivity contribution is 0.218. The van der Waals surface area contributed by atoms with Crippen molar-refractivity contribution in [3.63, 3.8) is 0 Å². The van der Waals surface area contributed by atoms with Crippen LogP contribution in [-0.4, -0.2) is 45.9 Å². The molecule has 6 nitrogen and oxygen atoms in total. The summed E-state index contributed by atoms with van der Waals surface area (Å²) in [6, 6.07) is 3.09. The quantitative estimate of drug-likeness (QED) is 0.843. The standard InChI is InChI=1S/C13H20N2O4/c1-15(13(14)16)6-5-10-11(18-3)7-9(17-2)8-12(10)19-4/h7-8H,5-6H2,1-4H3,(H2,14,16). The van der Waals surface area contributed by atoms with Crippen LogP contribution in [0.25, 0.3) is 0 Å². The topological polar surface area (TPSA) is 74.0 Å². The van der Waals surface area contributed by atoms with Crippen molar-refractivity contribution in [1.29, 1.82) is 0 Å². The lowest BCUT2D eigenvalue weighted by Crippen LogP contribution is -2.33. The number of methoxy groups -OCH3 is 3. The van der Waals surface area contributed by atoms with E-state index in [2.05, 4.69) is 0 Å². The molecule has 0 atom stereocenters. The molecule has 0 fully saturated rings. The minimum absolute atomic E-state index is 0.466. The van der Waals surface area contributed by atoms with Crippen LogP contribution >= 0.6 is 0 Å². The number of urea groups is 1. The van der Waals surface area contributed by atoms with Crippen molar-refractivity contribution in [2.24, 2.45) is 5.73 Å². The Balaban J connectivity index is 3.00. The maximum absolute atomic E-state index is 11.0. The summed E-state index contributed by atoms with van der Waals surface area (Å²) in [6.45, 7) is 0.481. The summed E-state index contributed by atoms with van der Waals surface area (Å²) in [5.41, 5.74) is 6.07. The summed E-state index contributed by atoms with van der Waals surface area (Å²) in [6.07, 6.45) is 0.579. The molecular formula is C13H20N2O4. The molecule has 0 aliphatic heterocycles. The number of nitrogens with two attached hydrogens (primary N) is 1. The summed E-state index contributed by atoms with van der Waals surface area (Å²) in [4.78, 5) is 12.4. The highest BCUT2D eigenvalue weighted by molar-refractivity contribution is 5.71. The van der Waals surface area contributed by atoms with Gasteiger partial charge in [0, 0.05) is 31.3 Å². The first-order chi connectivity index (χ1) is 9.03. The normalized spacial score (nSPS) is 9.89. The van der Waals surface area contributed by atoms with E-state index < -0.39 is 6.03 Å². The second kappa shape index (κ2) is 6.72. The molecule has 0 aromatic heterocycles. The Morgan fingerprint density at radius 3 is 2.05 bits per heavy atom. The van der Waals surface area contributed by atoms with E-state index in [1.807, 2.05) is 0 Å². The minimum Gasteiger partial charge on any atom is -0.496 e. The van der Waals surface area contributed by atoms with Gasteiger partial charge in [-0.3, -0.25) is 0 Å². The molecule has 0 heterocycles. The third kappa shape index (κ3) is 3.67. The van der Waals surface area contributed by atoms with Crippen LogP contribution in [0.2, 0.25) is 0 Å². The SMILES string of the molecule is COc1cc(OC)c(CCN(C)C(N)=O)c(OC)c1. The number of ether oxygens (including phenoxy) is 3. The van der Waals surface area contributed by atoms with Crippen molar-refractivity contribution in [1.82, 2.24) is 4.90 Å². The van der Waals surface area contributed by atoms with E-state index in [1.165, 1.54) is 4.90 Å². The Labute approximate surface area is 113 Å². The third-order valence-corrected chi connectivity index (χ3v) is 2.89. The monoisotopic (exact) mass is 268 g/mol. The summed E-state index contributed by atoms with van der Waals surface area (Å²) in [5, 5.41) is 0. The van der Waals surface area contributed by atoms with Gasteiger partial charge in [0.05, 0.1) is 21.3 Å². The van der Waals surface area contributed by atoms with Crippen LogP contribution in [0.4, 0.5) is 4.79 Å². The molecule has 106 valence electrons. The van der Waals surface area contributed by atoms with Gasteiger partial charge in [0.1, 0.15) is 17.2 Å². The Kier molecular flexibility index (Phi) is 5.29. The van der Waals surface area contributed by atoms with Gasteiger partial charge in [-0.15, -0.1) is 0 Å². The fraction of sp³-hybridized carbons (Fsp3) is 0.462. The van der Waals surface area contributed by atoms with Crippen molar-refractivity contribution >= 4 is 6.03 Å². The predicted molar refractivity (Wildman–Crippen MR) is 72.0 cm³/mol. The third-order valence-electron chi connectivity index (χ3n) is 2.89. The van der Waals surface area contributed by atoms with Gasteiger partial charge in [0.25, 0.3) is 0 Å². The maximum Gasteiger partial charge on any atom is 0.314 e. The zero-order chi connectivity index (χ0) is 14.4. The van der Waals surface area contributed by atoms with Gasteiger partial charge in [-0.1, -0.05) is 0 Å². The van der Waals surface area contributed by atoms with Crippen LogP contribution in [0.1, 0.15) is 5.56 Å². The van der Waals surface area contributed by atoms with E-state index >= 15 is 0 Å². The van der Waals surface area contributed by atoms with Crippen LogP contribution in [-0.2, 0) is 6.42 Å². The molecule has 0 saturated heterocycles. The number of benzene rings is 1. The molecule has 0 saturated carbocycles. The summed E-state index contributed by atoms with van der Waals surface area (Å²) in [7, 11) is 6.38. The molecule has 1 aromatic rings. The number of rotatable bonds is 6. The van der Waals surface area contributed by atoms with Gasteiger partial charge >= 0.3 is 6.03 Å². The fourth-order valence-electron chi connectivity index (χ4n) is 1.71. The zero-order valence-corrected chi connectivity index (χ0v) is 11.7. The first-order valence-electron chi connectivity index (χ1n) is 5.83. The molecular weight excluding hydrogens is 248 g/mol. The van der Waals surface area contributed by atoms with Gasteiger partial charge in [-0.05, 0) is 6.42 Å². The molecule has 0 spiro atoms. The Morgan fingerprint density at radius 2 is 1.68 bits per heavy atom. The number of hydrogen-bond donors (Lipinski definition) is 1. The lowest BCUT2D eigenvalue weighted by atomic mass is 10.1. The fourth-order valence-corrected chi connectivity index (χ4v) is 1.71. The first-order valence-corrected chi connectivity index (χ1v) is 5.83. The van der Waals surface area contributed by atoms with Crippen molar-refractivity contribution in [2.75, 3.05) is 34.9 Å². The Morgan fingerprint density at radius 1 is 1.16 bits per heavy atom. The lowest BCUT2D eigenvalue weighted by Gasteiger charge is -2.18. The number of primary amides is 1. The molecule has 0 bridgehead atoms. The summed E-state index contributed by atoms with van der Waals surface area (Å²) >= 11 is 0. The molecule has 2 N–H and O–H groups in total. The second-order valence-corrected chi connectivity index (χ2v) is 4.02. The largest absolute Gasteiger partial charge is 0.496 e. The number of carbonyl (C=O) groups is 1. The molecule has 0 unspecified atom stereocenters. The van der Waals surface area contributed by atoms with Crippen LogP contribution in [0, 0.1) is 0 Å². The Hall–Kier alpha value is -2.11. The van der Waals surface area contributed by atoms with Crippen LogP contribution in [0.15, 0.2) is 12.1 Å². The first kappa shape index (κ1) is 14.9. The van der Waals surface area contributed by atoms with E-state index in [1.54, 1.807) is 40.5 Å².